The third-order valence-electron chi connectivity index (χ3n) is 4.54. The quantitative estimate of drug-likeness (QED) is 0.812. The lowest BCUT2D eigenvalue weighted by Crippen LogP contribution is -2.34. The molecule has 1 aliphatic heterocycles. The Morgan fingerprint density at radius 2 is 2.21 bits per heavy atom. The Morgan fingerprint density at radius 3 is 2.79 bits per heavy atom. The Hall–Kier alpha value is -1.57. The van der Waals surface area contributed by atoms with Crippen LogP contribution in [0.4, 0.5) is 0 Å². The Balaban J connectivity index is 1.47. The molecule has 0 aromatic carbocycles. The fraction of sp³-hybridized carbons (Fsp3) is 0.588. The van der Waals surface area contributed by atoms with Gasteiger partial charge in [0.25, 0.3) is 0 Å². The summed E-state index contributed by atoms with van der Waals surface area (Å²) >= 11 is 1.54. The van der Waals surface area contributed by atoms with Gasteiger partial charge in [0.2, 0.25) is 0 Å². The second-order valence-electron chi connectivity index (χ2n) is 6.64. The van der Waals surface area contributed by atoms with E-state index in [1.54, 1.807) is 13.8 Å². The average Bonchev–Trinajstić information content (AvgIpc) is 3.19. The number of likely N-dealkylation sites (tertiary alicyclic amines) is 1. The van der Waals surface area contributed by atoms with E-state index in [1.165, 1.54) is 16.9 Å². The van der Waals surface area contributed by atoms with Gasteiger partial charge in [-0.25, -0.2) is 0 Å². The molecule has 1 saturated heterocycles. The van der Waals surface area contributed by atoms with Crippen molar-refractivity contribution in [3.63, 3.8) is 0 Å². The number of aliphatic hydroxyl groups is 1. The van der Waals surface area contributed by atoms with Gasteiger partial charge in [-0.05, 0) is 62.7 Å². The summed E-state index contributed by atoms with van der Waals surface area (Å²) in [5, 5.41) is 19.7. The zero-order valence-electron chi connectivity index (χ0n) is 14.2. The second-order valence-corrected chi connectivity index (χ2v) is 7.55. The van der Waals surface area contributed by atoms with Gasteiger partial charge in [-0.15, -0.1) is 16.4 Å². The molecule has 1 N–H and O–H groups in total. The Labute approximate surface area is 146 Å². The number of aromatic nitrogens is 3. The lowest BCUT2D eigenvalue weighted by molar-refractivity contribution is 0.102. The molecule has 130 valence electrons. The Kier molecular flexibility index (Phi) is 5.43. The van der Waals surface area contributed by atoms with Crippen molar-refractivity contribution < 1.29 is 9.90 Å². The highest BCUT2D eigenvalue weighted by molar-refractivity contribution is 7.12. The van der Waals surface area contributed by atoms with Crippen LogP contribution in [0, 0.1) is 5.92 Å². The molecule has 0 radical (unpaired) electrons. The van der Waals surface area contributed by atoms with E-state index in [-0.39, 0.29) is 5.78 Å². The van der Waals surface area contributed by atoms with Crippen LogP contribution < -0.4 is 0 Å². The number of rotatable bonds is 6. The van der Waals surface area contributed by atoms with Crippen molar-refractivity contribution in [2.75, 3.05) is 13.1 Å². The summed E-state index contributed by atoms with van der Waals surface area (Å²) in [6.45, 7) is 7.23. The number of Topliss-reactive ketones (excluding diaryl/α,β-unsaturated/α-hetero) is 1. The molecule has 0 spiro atoms. The molecule has 24 heavy (non-hydrogen) atoms. The fourth-order valence-electron chi connectivity index (χ4n) is 3.09. The van der Waals surface area contributed by atoms with Gasteiger partial charge < -0.3 is 5.11 Å². The van der Waals surface area contributed by atoms with E-state index < -0.39 is 6.10 Å². The van der Waals surface area contributed by atoms with E-state index >= 15 is 0 Å². The van der Waals surface area contributed by atoms with Crippen molar-refractivity contribution in [1.29, 1.82) is 0 Å². The van der Waals surface area contributed by atoms with Crippen LogP contribution >= 0.6 is 11.3 Å². The molecule has 1 atom stereocenters. The Morgan fingerprint density at radius 1 is 1.46 bits per heavy atom. The van der Waals surface area contributed by atoms with Crippen LogP contribution in [0.25, 0.3) is 0 Å². The van der Waals surface area contributed by atoms with Crippen LogP contribution in [-0.4, -0.2) is 43.9 Å². The monoisotopic (exact) mass is 348 g/mol. The summed E-state index contributed by atoms with van der Waals surface area (Å²) in [6, 6.07) is 2.02. The molecule has 0 amide bonds. The summed E-state index contributed by atoms with van der Waals surface area (Å²) in [4.78, 5) is 14.7. The molecule has 1 aliphatic rings. The van der Waals surface area contributed by atoms with E-state index in [1.807, 2.05) is 16.9 Å². The molecule has 7 heteroatoms. The lowest BCUT2D eigenvalue weighted by atomic mass is 9.96. The molecule has 0 aliphatic carbocycles. The van der Waals surface area contributed by atoms with Gasteiger partial charge in [0.05, 0.1) is 17.2 Å². The molecule has 0 unspecified atom stereocenters. The van der Waals surface area contributed by atoms with Crippen LogP contribution in [-0.2, 0) is 13.1 Å². The van der Waals surface area contributed by atoms with Gasteiger partial charge in [-0.1, -0.05) is 5.21 Å². The molecule has 0 saturated carbocycles. The number of piperidine rings is 1. The zero-order chi connectivity index (χ0) is 17.1. The molecule has 2 aromatic rings. The van der Waals surface area contributed by atoms with Crippen molar-refractivity contribution in [1.82, 2.24) is 19.9 Å². The first-order valence-corrected chi connectivity index (χ1v) is 9.28. The summed E-state index contributed by atoms with van der Waals surface area (Å²) in [6.07, 6.45) is 3.54. The molecule has 3 heterocycles. The number of ketones is 1. The third-order valence-corrected chi connectivity index (χ3v) is 5.62. The average molecular weight is 348 g/mol. The van der Waals surface area contributed by atoms with Gasteiger partial charge in [0.1, 0.15) is 5.69 Å². The fourth-order valence-corrected chi connectivity index (χ4v) is 3.89. The largest absolute Gasteiger partial charge is 0.387 e. The van der Waals surface area contributed by atoms with Crippen molar-refractivity contribution in [2.24, 2.45) is 5.92 Å². The molecular formula is C17H24N4O2S. The van der Waals surface area contributed by atoms with Crippen LogP contribution in [0.3, 0.4) is 0 Å². The first kappa shape index (κ1) is 17.3. The molecule has 2 aromatic heterocycles. The maximum Gasteiger partial charge on any atom is 0.169 e. The van der Waals surface area contributed by atoms with Gasteiger partial charge in [0, 0.05) is 13.1 Å². The van der Waals surface area contributed by atoms with Gasteiger partial charge in [-0.2, -0.15) is 0 Å². The number of nitrogens with zero attached hydrogens (tertiary/aromatic N) is 4. The summed E-state index contributed by atoms with van der Waals surface area (Å²) < 4.78 is 1.85. The molecule has 1 fully saturated rings. The van der Waals surface area contributed by atoms with E-state index in [2.05, 4.69) is 20.6 Å². The van der Waals surface area contributed by atoms with Crippen molar-refractivity contribution >= 4 is 17.1 Å². The van der Waals surface area contributed by atoms with Crippen LogP contribution in [0.1, 0.15) is 53.7 Å². The first-order valence-electron chi connectivity index (χ1n) is 8.40. The SMILES string of the molecule is CC(=O)c1cc(CN2CCC(Cn3cc([C@H](C)O)nn3)CC2)cs1. The summed E-state index contributed by atoms with van der Waals surface area (Å²) in [5.41, 5.74) is 1.87. The highest BCUT2D eigenvalue weighted by Crippen LogP contribution is 2.23. The van der Waals surface area contributed by atoms with E-state index in [9.17, 15) is 9.90 Å². The van der Waals surface area contributed by atoms with E-state index in [0.717, 1.165) is 43.9 Å². The van der Waals surface area contributed by atoms with Gasteiger partial charge in [-0.3, -0.25) is 14.4 Å². The molecule has 6 nitrogen and oxygen atoms in total. The summed E-state index contributed by atoms with van der Waals surface area (Å²) in [7, 11) is 0. The predicted molar refractivity (Wildman–Crippen MR) is 93.0 cm³/mol. The van der Waals surface area contributed by atoms with Crippen LogP contribution in [0.2, 0.25) is 0 Å². The number of thiophene rings is 1. The molecule has 0 bridgehead atoms. The van der Waals surface area contributed by atoms with Crippen molar-refractivity contribution in [3.05, 3.63) is 33.8 Å². The summed E-state index contributed by atoms with van der Waals surface area (Å²) in [5.74, 6) is 0.745. The van der Waals surface area contributed by atoms with Crippen molar-refractivity contribution in [3.8, 4) is 0 Å². The molecular weight excluding hydrogens is 324 g/mol. The number of aliphatic hydroxyl groups excluding tert-OH is 1. The maximum atomic E-state index is 11.4. The standard InChI is InChI=1S/C17H24N4O2S/c1-12(22)16-10-21(19-18-16)9-14-3-5-20(6-4-14)8-15-7-17(13(2)23)24-11-15/h7,10-12,14,22H,3-6,8-9H2,1-2H3/t12-/m0/s1. The number of hydrogen-bond donors (Lipinski definition) is 1. The minimum absolute atomic E-state index is 0.148. The highest BCUT2D eigenvalue weighted by atomic mass is 32.1. The third kappa shape index (κ3) is 4.28. The van der Waals surface area contributed by atoms with Gasteiger partial charge >= 0.3 is 0 Å². The maximum absolute atomic E-state index is 11.4. The van der Waals surface area contributed by atoms with Crippen molar-refractivity contribution in [2.45, 2.75) is 45.9 Å². The number of carbonyl (C=O) groups excluding carboxylic acids is 1. The normalized spacial score (nSPS) is 18.0. The molecule has 3 rings (SSSR count). The second kappa shape index (κ2) is 7.55. The topological polar surface area (TPSA) is 71.2 Å². The van der Waals surface area contributed by atoms with Gasteiger partial charge in [0.15, 0.2) is 5.78 Å². The zero-order valence-corrected chi connectivity index (χ0v) is 15.0. The van der Waals surface area contributed by atoms with Crippen LogP contribution in [0.5, 0.6) is 0 Å². The number of hydrogen-bond acceptors (Lipinski definition) is 6. The minimum atomic E-state index is -0.564. The smallest absolute Gasteiger partial charge is 0.169 e. The minimum Gasteiger partial charge on any atom is -0.387 e. The number of carbonyl (C=O) groups is 1. The lowest BCUT2D eigenvalue weighted by Gasteiger charge is -2.31. The van der Waals surface area contributed by atoms with E-state index in [4.69, 9.17) is 0 Å². The first-order chi connectivity index (χ1) is 11.5. The predicted octanol–water partition coefficient (Wildman–Crippen LogP) is 2.51. The van der Waals surface area contributed by atoms with E-state index in [0.29, 0.717) is 11.6 Å². The van der Waals surface area contributed by atoms with Crippen LogP contribution in [0.15, 0.2) is 17.6 Å². The highest BCUT2D eigenvalue weighted by Gasteiger charge is 2.21. The Bertz CT molecular complexity index is 686.